The molecular formula is C17H26O2. The summed E-state index contributed by atoms with van der Waals surface area (Å²) in [6.07, 6.45) is 4.50. The summed E-state index contributed by atoms with van der Waals surface area (Å²) >= 11 is 0. The van der Waals surface area contributed by atoms with Crippen LogP contribution in [-0.2, 0) is 0 Å². The summed E-state index contributed by atoms with van der Waals surface area (Å²) in [5, 5.41) is 0. The number of benzene rings is 1. The van der Waals surface area contributed by atoms with Crippen LogP contribution < -0.4 is 9.47 Å². The van der Waals surface area contributed by atoms with Gasteiger partial charge in [0.25, 0.3) is 0 Å². The zero-order chi connectivity index (χ0) is 14.4. The van der Waals surface area contributed by atoms with E-state index in [0.717, 1.165) is 29.9 Å². The number of hydrogen-bond donors (Lipinski definition) is 0. The molecule has 0 aliphatic heterocycles. The van der Waals surface area contributed by atoms with Gasteiger partial charge in [0.2, 0.25) is 0 Å². The molecule has 1 aromatic carbocycles. The summed E-state index contributed by atoms with van der Waals surface area (Å²) < 4.78 is 11.0. The fourth-order valence-electron chi connectivity index (χ4n) is 2.31. The number of hydrogen-bond acceptors (Lipinski definition) is 2. The first-order chi connectivity index (χ1) is 9.01. The summed E-state index contributed by atoms with van der Waals surface area (Å²) in [6, 6.07) is 4.26. The van der Waals surface area contributed by atoms with Crippen molar-refractivity contribution in [2.45, 2.75) is 46.5 Å². The van der Waals surface area contributed by atoms with E-state index >= 15 is 0 Å². The predicted octanol–water partition coefficient (Wildman–Crippen LogP) is 4.86. The number of methoxy groups -OCH3 is 2. The Bertz CT molecular complexity index is 443. The second kappa shape index (κ2) is 7.22. The predicted molar refractivity (Wildman–Crippen MR) is 81.4 cm³/mol. The van der Waals surface area contributed by atoms with Crippen molar-refractivity contribution in [1.29, 1.82) is 0 Å². The summed E-state index contributed by atoms with van der Waals surface area (Å²) in [5.41, 5.74) is 3.72. The first-order valence-corrected chi connectivity index (χ1v) is 6.86. The lowest BCUT2D eigenvalue weighted by Crippen LogP contribution is -2.01. The van der Waals surface area contributed by atoms with Crippen LogP contribution in [0.25, 0.3) is 0 Å². The average Bonchev–Trinajstić information content (AvgIpc) is 2.37. The number of aryl methyl sites for hydroxylation is 1. The molecule has 106 valence electrons. The maximum Gasteiger partial charge on any atom is 0.164 e. The molecule has 0 amide bonds. The zero-order valence-corrected chi connectivity index (χ0v) is 13.0. The highest BCUT2D eigenvalue weighted by Gasteiger charge is 2.16. The Morgan fingerprint density at radius 1 is 1.16 bits per heavy atom. The van der Waals surface area contributed by atoms with Crippen LogP contribution >= 0.6 is 0 Å². The largest absolute Gasteiger partial charge is 0.493 e. The molecule has 2 nitrogen and oxygen atoms in total. The normalized spacial score (nSPS) is 11.9. The van der Waals surface area contributed by atoms with E-state index in [2.05, 4.69) is 39.0 Å². The second-order valence-electron chi connectivity index (χ2n) is 5.30. The van der Waals surface area contributed by atoms with Crippen LogP contribution in [0.5, 0.6) is 11.5 Å². The Kier molecular flexibility index (Phi) is 5.94. The van der Waals surface area contributed by atoms with Gasteiger partial charge in [0, 0.05) is 5.56 Å². The van der Waals surface area contributed by atoms with Crippen LogP contribution in [0.4, 0.5) is 0 Å². The van der Waals surface area contributed by atoms with Crippen LogP contribution in [0.2, 0.25) is 0 Å². The molecule has 0 fully saturated rings. The monoisotopic (exact) mass is 262 g/mol. The molecule has 0 unspecified atom stereocenters. The molecule has 1 atom stereocenters. The highest BCUT2D eigenvalue weighted by molar-refractivity contribution is 5.52. The van der Waals surface area contributed by atoms with E-state index in [1.54, 1.807) is 14.2 Å². The quantitative estimate of drug-likeness (QED) is 0.681. The third-order valence-electron chi connectivity index (χ3n) is 3.43. The van der Waals surface area contributed by atoms with Crippen molar-refractivity contribution in [2.75, 3.05) is 14.2 Å². The molecule has 0 aliphatic carbocycles. The molecule has 0 aromatic heterocycles. The number of ether oxygens (including phenoxy) is 2. The maximum atomic E-state index is 5.56. The molecule has 0 aliphatic rings. The van der Waals surface area contributed by atoms with E-state index in [1.807, 2.05) is 6.92 Å². The fraction of sp³-hybridized carbons (Fsp3) is 0.529. The van der Waals surface area contributed by atoms with Gasteiger partial charge in [-0.05, 0) is 45.1 Å². The molecule has 2 heteroatoms. The topological polar surface area (TPSA) is 18.5 Å². The Morgan fingerprint density at radius 2 is 1.79 bits per heavy atom. The molecule has 0 radical (unpaired) electrons. The van der Waals surface area contributed by atoms with Gasteiger partial charge in [-0.15, -0.1) is 0 Å². The SMILES string of the molecule is COc1c(C)ccc([C@@H](C)CCC=C(C)C)c1OC. The standard InChI is InChI=1S/C17H26O2/c1-12(2)8-7-9-13(3)15-11-10-14(4)16(18-5)17(15)19-6/h8,10-11,13H,7,9H2,1-6H3/t13-/m0/s1. The van der Waals surface area contributed by atoms with Gasteiger partial charge in [0.1, 0.15) is 0 Å². The zero-order valence-electron chi connectivity index (χ0n) is 13.0. The van der Waals surface area contributed by atoms with Gasteiger partial charge in [-0.3, -0.25) is 0 Å². The van der Waals surface area contributed by atoms with Crippen LogP contribution in [0.3, 0.4) is 0 Å². The van der Waals surface area contributed by atoms with Gasteiger partial charge >= 0.3 is 0 Å². The van der Waals surface area contributed by atoms with Crippen molar-refractivity contribution in [2.24, 2.45) is 0 Å². The number of rotatable bonds is 6. The lowest BCUT2D eigenvalue weighted by molar-refractivity contribution is 0.347. The Labute approximate surface area is 117 Å². The Balaban J connectivity index is 2.96. The van der Waals surface area contributed by atoms with Gasteiger partial charge < -0.3 is 9.47 Å². The van der Waals surface area contributed by atoms with Gasteiger partial charge in [-0.1, -0.05) is 30.7 Å². The minimum Gasteiger partial charge on any atom is -0.493 e. The second-order valence-corrected chi connectivity index (χ2v) is 5.30. The van der Waals surface area contributed by atoms with Crippen molar-refractivity contribution in [3.63, 3.8) is 0 Å². The molecule has 0 heterocycles. The van der Waals surface area contributed by atoms with Crippen molar-refractivity contribution >= 4 is 0 Å². The Hall–Kier alpha value is -1.44. The lowest BCUT2D eigenvalue weighted by Gasteiger charge is -2.19. The average molecular weight is 262 g/mol. The van der Waals surface area contributed by atoms with E-state index in [0.29, 0.717) is 5.92 Å². The van der Waals surface area contributed by atoms with Crippen LogP contribution in [0, 0.1) is 6.92 Å². The van der Waals surface area contributed by atoms with Gasteiger partial charge in [-0.25, -0.2) is 0 Å². The number of allylic oxidation sites excluding steroid dienone is 2. The van der Waals surface area contributed by atoms with Crippen LogP contribution in [0.15, 0.2) is 23.8 Å². The third-order valence-corrected chi connectivity index (χ3v) is 3.43. The van der Waals surface area contributed by atoms with Gasteiger partial charge in [0.05, 0.1) is 14.2 Å². The lowest BCUT2D eigenvalue weighted by atomic mass is 9.93. The summed E-state index contributed by atoms with van der Waals surface area (Å²) in [5.74, 6) is 2.20. The van der Waals surface area contributed by atoms with E-state index < -0.39 is 0 Å². The molecule has 0 spiro atoms. The summed E-state index contributed by atoms with van der Waals surface area (Å²) in [6.45, 7) is 8.56. The highest BCUT2D eigenvalue weighted by Crippen LogP contribution is 2.39. The minimum atomic E-state index is 0.458. The van der Waals surface area contributed by atoms with Gasteiger partial charge in [0.15, 0.2) is 11.5 Å². The first kappa shape index (κ1) is 15.6. The van der Waals surface area contributed by atoms with Crippen molar-refractivity contribution in [3.8, 4) is 11.5 Å². The maximum absolute atomic E-state index is 5.56. The highest BCUT2D eigenvalue weighted by atomic mass is 16.5. The molecule has 19 heavy (non-hydrogen) atoms. The van der Waals surface area contributed by atoms with Crippen molar-refractivity contribution in [1.82, 2.24) is 0 Å². The minimum absolute atomic E-state index is 0.458. The molecule has 1 rings (SSSR count). The summed E-state index contributed by atoms with van der Waals surface area (Å²) in [7, 11) is 3.41. The van der Waals surface area contributed by atoms with E-state index in [9.17, 15) is 0 Å². The van der Waals surface area contributed by atoms with E-state index in [-0.39, 0.29) is 0 Å². The smallest absolute Gasteiger partial charge is 0.164 e. The summed E-state index contributed by atoms with van der Waals surface area (Å²) in [4.78, 5) is 0. The van der Waals surface area contributed by atoms with Gasteiger partial charge in [-0.2, -0.15) is 0 Å². The molecule has 0 saturated carbocycles. The van der Waals surface area contributed by atoms with Crippen molar-refractivity contribution in [3.05, 3.63) is 34.9 Å². The third kappa shape index (κ3) is 4.02. The van der Waals surface area contributed by atoms with E-state index in [1.165, 1.54) is 11.1 Å². The Morgan fingerprint density at radius 3 is 2.32 bits per heavy atom. The fourth-order valence-corrected chi connectivity index (χ4v) is 2.31. The van der Waals surface area contributed by atoms with Crippen molar-refractivity contribution < 1.29 is 9.47 Å². The molecule has 0 N–H and O–H groups in total. The molecule has 1 aromatic rings. The molecule has 0 saturated heterocycles. The molecular weight excluding hydrogens is 236 g/mol. The molecule has 0 bridgehead atoms. The van der Waals surface area contributed by atoms with Crippen LogP contribution in [0.1, 0.15) is 50.7 Å². The van der Waals surface area contributed by atoms with E-state index in [4.69, 9.17) is 9.47 Å². The van der Waals surface area contributed by atoms with Crippen LogP contribution in [-0.4, -0.2) is 14.2 Å². The first-order valence-electron chi connectivity index (χ1n) is 6.86.